The quantitative estimate of drug-likeness (QED) is 0.416. The second kappa shape index (κ2) is 16.5. The van der Waals surface area contributed by atoms with E-state index in [0.29, 0.717) is 0 Å². The van der Waals surface area contributed by atoms with Gasteiger partial charge in [-0.15, -0.1) is 0 Å². The Hall–Kier alpha value is 3.12. The molecule has 1 unspecified atom stereocenters. The van der Waals surface area contributed by atoms with Gasteiger partial charge < -0.3 is 0 Å². The summed E-state index contributed by atoms with van der Waals surface area (Å²) in [5, 5.41) is 0. The molecule has 4 heteroatoms. The number of rotatable bonds is 0. The monoisotopic (exact) mass is 349 g/mol. The predicted molar refractivity (Wildman–Crippen MR) is 16.9 cm³/mol. The van der Waals surface area contributed by atoms with Gasteiger partial charge in [-0.25, -0.2) is 0 Å². The minimum absolute atomic E-state index is 0. The van der Waals surface area contributed by atoms with Crippen LogP contribution in [0.4, 0.5) is 0 Å². The van der Waals surface area contributed by atoms with Crippen molar-refractivity contribution in [1.29, 1.82) is 0 Å². The molecule has 0 aliphatic carbocycles. The van der Waals surface area contributed by atoms with Crippen molar-refractivity contribution in [3.05, 3.63) is 0 Å². The molecule has 0 nitrogen and oxygen atoms in total. The van der Waals surface area contributed by atoms with E-state index >= 15 is 0 Å². The van der Waals surface area contributed by atoms with Gasteiger partial charge in [0.25, 0.3) is 0 Å². The van der Waals surface area contributed by atoms with Crippen LogP contribution in [0.5, 0.6) is 0 Å². The molecule has 0 saturated carbocycles. The molecule has 0 spiro atoms. The Morgan fingerprint density at radius 3 is 1.00 bits per heavy atom. The SMILES string of the molecule is P.[Ce].[Mn].[Sn]. The first-order valence-corrected chi connectivity index (χ1v) is 0. The van der Waals surface area contributed by atoms with Crippen molar-refractivity contribution in [2.24, 2.45) is 0 Å². The van der Waals surface area contributed by atoms with Crippen LogP contribution in [0, 0.1) is 41.7 Å². The van der Waals surface area contributed by atoms with Crippen LogP contribution in [-0.4, -0.2) is 23.9 Å². The average Bonchev–Trinajstić information content (AvgIpc) is 0. The van der Waals surface area contributed by atoms with Gasteiger partial charge in [-0.05, 0) is 0 Å². The summed E-state index contributed by atoms with van der Waals surface area (Å²) in [6.07, 6.45) is 0. The summed E-state index contributed by atoms with van der Waals surface area (Å²) >= 11 is 0. The first-order chi connectivity index (χ1) is 0. The molecule has 0 aromatic heterocycles. The molecular weight excluding hydrogens is 345 g/mol. The molecule has 0 heterocycles. The van der Waals surface area contributed by atoms with Crippen LogP contribution in [0.15, 0.2) is 0 Å². The van der Waals surface area contributed by atoms with E-state index in [-0.39, 0.29) is 92.6 Å². The minimum atomic E-state index is 0. The van der Waals surface area contributed by atoms with Gasteiger partial charge in [0.05, 0.1) is 0 Å². The van der Waals surface area contributed by atoms with Crippen molar-refractivity contribution in [3.63, 3.8) is 0 Å². The van der Waals surface area contributed by atoms with E-state index in [0.717, 1.165) is 0 Å². The van der Waals surface area contributed by atoms with Gasteiger partial charge >= 0.3 is 0 Å². The maximum absolute atomic E-state index is 0. The Kier molecular flexibility index (Phi) is 113. The van der Waals surface area contributed by atoms with Crippen LogP contribution in [0.25, 0.3) is 0 Å². The molecule has 0 aromatic carbocycles. The van der Waals surface area contributed by atoms with Crippen LogP contribution < -0.4 is 0 Å². The zero-order valence-electron chi connectivity index (χ0n) is 2.09. The van der Waals surface area contributed by atoms with Crippen LogP contribution in [0.2, 0.25) is 0 Å². The first kappa shape index (κ1) is 27.4. The summed E-state index contributed by atoms with van der Waals surface area (Å²) in [5.41, 5.74) is 0. The third-order valence-electron chi connectivity index (χ3n) is 0. The van der Waals surface area contributed by atoms with Gasteiger partial charge in [0.1, 0.15) is 0 Å². The fraction of sp³-hybridized carbons (Fsp3) is 0. The number of hydrogen-bond acceptors (Lipinski definition) is 0. The van der Waals surface area contributed by atoms with E-state index in [1.807, 2.05) is 0 Å². The van der Waals surface area contributed by atoms with Crippen molar-refractivity contribution in [1.82, 2.24) is 0 Å². The van der Waals surface area contributed by atoms with Crippen molar-refractivity contribution >= 4 is 33.8 Å². The molecule has 0 rings (SSSR count). The van der Waals surface area contributed by atoms with Gasteiger partial charge in [-0.1, -0.05) is 0 Å². The summed E-state index contributed by atoms with van der Waals surface area (Å²) in [4.78, 5) is 0. The molecule has 0 N–H and O–H groups in total. The van der Waals surface area contributed by atoms with Crippen LogP contribution in [0.3, 0.4) is 0 Å². The van der Waals surface area contributed by atoms with Gasteiger partial charge in [0.15, 0.2) is 0 Å². The smallest absolute Gasteiger partial charge is 0 e. The van der Waals surface area contributed by atoms with Crippen LogP contribution in [-0.2, 0) is 17.1 Å². The molecule has 0 aliphatic rings. The summed E-state index contributed by atoms with van der Waals surface area (Å²) < 4.78 is 0. The van der Waals surface area contributed by atoms with Crippen LogP contribution >= 0.6 is 9.90 Å². The van der Waals surface area contributed by atoms with Crippen molar-refractivity contribution < 1.29 is 58.8 Å². The first-order valence-electron chi connectivity index (χ1n) is 0. The molecule has 1 atom stereocenters. The molecule has 0 aliphatic heterocycles. The molecule has 5 radical (unpaired) electrons. The zero-order valence-corrected chi connectivity index (χ0v) is 10.7. The third-order valence-corrected chi connectivity index (χ3v) is 0. The van der Waals surface area contributed by atoms with Gasteiger partial charge in [0.2, 0.25) is 0 Å². The van der Waals surface area contributed by atoms with Crippen molar-refractivity contribution in [2.75, 3.05) is 0 Å². The van der Waals surface area contributed by atoms with Crippen molar-refractivity contribution in [3.8, 4) is 0 Å². The maximum Gasteiger partial charge on any atom is 0 e. The van der Waals surface area contributed by atoms with Crippen molar-refractivity contribution in [2.45, 2.75) is 0 Å². The maximum atomic E-state index is 0. The van der Waals surface area contributed by atoms with E-state index in [9.17, 15) is 0 Å². The standard InChI is InChI=1S/Ce.Mn.H3P.Sn/h;;1H3;. The fourth-order valence-corrected chi connectivity index (χ4v) is 0. The Morgan fingerprint density at radius 2 is 1.00 bits per heavy atom. The molecule has 0 amide bonds. The summed E-state index contributed by atoms with van der Waals surface area (Å²) in [6, 6.07) is 0. The van der Waals surface area contributed by atoms with Crippen LogP contribution in [0.1, 0.15) is 0 Å². The second-order valence-corrected chi connectivity index (χ2v) is 0. The van der Waals surface area contributed by atoms with Gasteiger partial charge in [-0.3, -0.25) is 0 Å². The molecule has 0 saturated heterocycles. The molecule has 0 fully saturated rings. The Labute approximate surface area is 90.7 Å². The minimum Gasteiger partial charge on any atom is -0.153 e. The van der Waals surface area contributed by atoms with E-state index in [2.05, 4.69) is 0 Å². The summed E-state index contributed by atoms with van der Waals surface area (Å²) in [6.45, 7) is 0. The van der Waals surface area contributed by atoms with E-state index in [1.54, 1.807) is 0 Å². The topological polar surface area (TPSA) is 0 Å². The molecule has 0 aromatic rings. The molecule has 0 bridgehead atoms. The average molecular weight is 348 g/mol. The number of hydrogen-bond donors (Lipinski definition) is 0. The van der Waals surface area contributed by atoms with E-state index in [4.69, 9.17) is 0 Å². The molecule has 23 valence electrons. The third kappa shape index (κ3) is 8.93. The molecule has 4 heavy (non-hydrogen) atoms. The Balaban J connectivity index is 0. The molecular formula is H3CeMnPSn. The second-order valence-electron chi connectivity index (χ2n) is 0. The normalized spacial score (nSPS) is 0. The summed E-state index contributed by atoms with van der Waals surface area (Å²) in [7, 11) is 0. The predicted octanol–water partition coefficient (Wildman–Crippen LogP) is -0.325. The Bertz CT molecular complexity index is 8.00. The largest absolute Gasteiger partial charge is 0.153 e. The fourth-order valence-electron chi connectivity index (χ4n) is 0. The van der Waals surface area contributed by atoms with Gasteiger partial charge in [0, 0.05) is 82.7 Å². The summed E-state index contributed by atoms with van der Waals surface area (Å²) in [5.74, 6) is 0. The van der Waals surface area contributed by atoms with E-state index < -0.39 is 0 Å². The Morgan fingerprint density at radius 1 is 1.00 bits per heavy atom. The van der Waals surface area contributed by atoms with Gasteiger partial charge in [-0.2, -0.15) is 9.90 Å². The zero-order chi connectivity index (χ0) is 0. The van der Waals surface area contributed by atoms with E-state index in [1.165, 1.54) is 0 Å².